The number of aromatic nitrogens is 1. The first-order chi connectivity index (χ1) is 10.7. The lowest BCUT2D eigenvalue weighted by Crippen LogP contribution is -2.14. The smallest absolute Gasteiger partial charge is 0.344 e. The van der Waals surface area contributed by atoms with E-state index in [0.717, 1.165) is 5.39 Å². The summed E-state index contributed by atoms with van der Waals surface area (Å²) >= 11 is 0. The predicted molar refractivity (Wildman–Crippen MR) is 80.1 cm³/mol. The standard InChI is InChI=1S/C17H11NO4/c19-16(20)12-7-1-2-8-13(12)17(21)22-14-9-3-5-11-6-4-10-18-15(11)14/h1-10H,(H,19,20). The average molecular weight is 293 g/mol. The molecule has 3 aromatic rings. The van der Waals surface area contributed by atoms with Crippen LogP contribution >= 0.6 is 0 Å². The molecule has 5 heteroatoms. The Morgan fingerprint density at radius 1 is 0.909 bits per heavy atom. The Morgan fingerprint density at radius 3 is 2.41 bits per heavy atom. The molecule has 5 nitrogen and oxygen atoms in total. The Kier molecular flexibility index (Phi) is 3.53. The van der Waals surface area contributed by atoms with E-state index >= 15 is 0 Å². The Bertz CT molecular complexity index is 868. The van der Waals surface area contributed by atoms with Crippen molar-refractivity contribution in [2.24, 2.45) is 0 Å². The lowest BCUT2D eigenvalue weighted by molar-refractivity contribution is 0.0668. The lowest BCUT2D eigenvalue weighted by Gasteiger charge is -2.08. The van der Waals surface area contributed by atoms with Crippen molar-refractivity contribution in [1.29, 1.82) is 0 Å². The zero-order chi connectivity index (χ0) is 15.5. The molecule has 1 heterocycles. The topological polar surface area (TPSA) is 76.5 Å². The minimum Gasteiger partial charge on any atom is -0.478 e. The Hall–Kier alpha value is -3.21. The number of aromatic carboxylic acids is 1. The molecule has 0 aliphatic rings. The molecule has 0 aliphatic heterocycles. The molecule has 0 saturated heterocycles. The summed E-state index contributed by atoms with van der Waals surface area (Å²) in [5, 5.41) is 9.96. The van der Waals surface area contributed by atoms with Crippen LogP contribution in [0.1, 0.15) is 20.7 Å². The van der Waals surface area contributed by atoms with E-state index in [-0.39, 0.29) is 11.1 Å². The second-order valence-electron chi connectivity index (χ2n) is 4.57. The summed E-state index contributed by atoms with van der Waals surface area (Å²) in [5.41, 5.74) is 0.454. The molecular weight excluding hydrogens is 282 g/mol. The van der Waals surface area contributed by atoms with Gasteiger partial charge in [0.1, 0.15) is 5.52 Å². The molecule has 2 aromatic carbocycles. The Balaban J connectivity index is 1.99. The predicted octanol–water partition coefficient (Wildman–Crippen LogP) is 3.15. The number of nitrogens with zero attached hydrogens (tertiary/aromatic N) is 1. The first kappa shape index (κ1) is 13.8. The van der Waals surface area contributed by atoms with Crippen LogP contribution in [0, 0.1) is 0 Å². The number of hydrogen-bond donors (Lipinski definition) is 1. The van der Waals surface area contributed by atoms with Gasteiger partial charge in [-0.05, 0) is 24.3 Å². The van der Waals surface area contributed by atoms with Gasteiger partial charge in [0, 0.05) is 11.6 Å². The van der Waals surface area contributed by atoms with E-state index in [0.29, 0.717) is 11.3 Å². The van der Waals surface area contributed by atoms with Crippen LogP contribution in [0.25, 0.3) is 10.9 Å². The van der Waals surface area contributed by atoms with Crippen molar-refractivity contribution in [1.82, 2.24) is 4.98 Å². The molecular formula is C17H11NO4. The van der Waals surface area contributed by atoms with Crippen LogP contribution in [0.3, 0.4) is 0 Å². The van der Waals surface area contributed by atoms with Gasteiger partial charge in [-0.3, -0.25) is 4.98 Å². The Labute approximate surface area is 125 Å². The van der Waals surface area contributed by atoms with Crippen LogP contribution in [0.15, 0.2) is 60.8 Å². The van der Waals surface area contributed by atoms with Gasteiger partial charge in [0.15, 0.2) is 5.75 Å². The summed E-state index contributed by atoms with van der Waals surface area (Å²) in [5.74, 6) is -1.61. The number of rotatable bonds is 3. The van der Waals surface area contributed by atoms with Crippen molar-refractivity contribution < 1.29 is 19.4 Å². The number of carbonyl (C=O) groups is 2. The van der Waals surface area contributed by atoms with Crippen LogP contribution in [0.5, 0.6) is 5.75 Å². The largest absolute Gasteiger partial charge is 0.478 e. The fraction of sp³-hybridized carbons (Fsp3) is 0. The highest BCUT2D eigenvalue weighted by Gasteiger charge is 2.18. The molecule has 108 valence electrons. The van der Waals surface area contributed by atoms with Crippen LogP contribution in [0.2, 0.25) is 0 Å². The molecule has 0 amide bonds. The summed E-state index contributed by atoms with van der Waals surface area (Å²) in [6.45, 7) is 0. The second-order valence-corrected chi connectivity index (χ2v) is 4.57. The number of benzene rings is 2. The van der Waals surface area contributed by atoms with Gasteiger partial charge in [-0.2, -0.15) is 0 Å². The van der Waals surface area contributed by atoms with E-state index in [2.05, 4.69) is 4.98 Å². The van der Waals surface area contributed by atoms with E-state index in [1.807, 2.05) is 12.1 Å². The third-order valence-electron chi connectivity index (χ3n) is 3.18. The van der Waals surface area contributed by atoms with E-state index in [1.165, 1.54) is 12.1 Å². The molecule has 1 N–H and O–H groups in total. The van der Waals surface area contributed by atoms with Crippen molar-refractivity contribution in [2.45, 2.75) is 0 Å². The van der Waals surface area contributed by atoms with Gasteiger partial charge in [-0.15, -0.1) is 0 Å². The zero-order valence-corrected chi connectivity index (χ0v) is 11.4. The number of carboxylic acids is 1. The maximum Gasteiger partial charge on any atom is 0.344 e. The summed E-state index contributed by atoms with van der Waals surface area (Å²) < 4.78 is 5.34. The number of carbonyl (C=O) groups excluding carboxylic acids is 1. The van der Waals surface area contributed by atoms with Crippen LogP contribution in [0.4, 0.5) is 0 Å². The molecule has 0 fully saturated rings. The molecule has 0 atom stereocenters. The van der Waals surface area contributed by atoms with Crippen molar-refractivity contribution >= 4 is 22.8 Å². The molecule has 0 radical (unpaired) electrons. The summed E-state index contributed by atoms with van der Waals surface area (Å²) in [4.78, 5) is 27.6. The van der Waals surface area contributed by atoms with E-state index in [1.54, 1.807) is 36.5 Å². The summed E-state index contributed by atoms with van der Waals surface area (Å²) in [6.07, 6.45) is 1.60. The highest BCUT2D eigenvalue weighted by molar-refractivity contribution is 6.03. The highest BCUT2D eigenvalue weighted by atomic mass is 16.5. The monoisotopic (exact) mass is 293 g/mol. The third-order valence-corrected chi connectivity index (χ3v) is 3.18. The molecule has 0 spiro atoms. The van der Waals surface area contributed by atoms with Crippen LogP contribution < -0.4 is 4.74 Å². The fourth-order valence-electron chi connectivity index (χ4n) is 2.16. The molecule has 0 unspecified atom stereocenters. The maximum atomic E-state index is 12.3. The van der Waals surface area contributed by atoms with E-state index < -0.39 is 11.9 Å². The SMILES string of the molecule is O=C(O)c1ccccc1C(=O)Oc1cccc2cccnc12. The highest BCUT2D eigenvalue weighted by Crippen LogP contribution is 2.24. The van der Waals surface area contributed by atoms with Gasteiger partial charge < -0.3 is 9.84 Å². The molecule has 22 heavy (non-hydrogen) atoms. The minimum atomic E-state index is -1.18. The molecule has 3 rings (SSSR count). The Morgan fingerprint density at radius 2 is 1.64 bits per heavy atom. The van der Waals surface area contributed by atoms with Crippen molar-refractivity contribution in [3.05, 3.63) is 71.9 Å². The van der Waals surface area contributed by atoms with Crippen LogP contribution in [-0.4, -0.2) is 22.0 Å². The first-order valence-corrected chi connectivity index (χ1v) is 6.55. The molecule has 0 aliphatic carbocycles. The van der Waals surface area contributed by atoms with Crippen LogP contribution in [-0.2, 0) is 0 Å². The normalized spacial score (nSPS) is 10.4. The first-order valence-electron chi connectivity index (χ1n) is 6.55. The van der Waals surface area contributed by atoms with E-state index in [9.17, 15) is 9.59 Å². The molecule has 1 aromatic heterocycles. The van der Waals surface area contributed by atoms with Gasteiger partial charge in [-0.25, -0.2) is 9.59 Å². The summed E-state index contributed by atoms with van der Waals surface area (Å²) in [6, 6.07) is 14.8. The van der Waals surface area contributed by atoms with E-state index in [4.69, 9.17) is 9.84 Å². The fourth-order valence-corrected chi connectivity index (χ4v) is 2.16. The average Bonchev–Trinajstić information content (AvgIpc) is 2.55. The number of hydrogen-bond acceptors (Lipinski definition) is 4. The minimum absolute atomic E-state index is 0.00272. The number of pyridine rings is 1. The zero-order valence-electron chi connectivity index (χ0n) is 11.4. The van der Waals surface area contributed by atoms with Crippen molar-refractivity contribution in [2.75, 3.05) is 0 Å². The van der Waals surface area contributed by atoms with Gasteiger partial charge in [0.05, 0.1) is 11.1 Å². The quantitative estimate of drug-likeness (QED) is 0.593. The van der Waals surface area contributed by atoms with Gasteiger partial charge in [-0.1, -0.05) is 30.3 Å². The van der Waals surface area contributed by atoms with Gasteiger partial charge >= 0.3 is 11.9 Å². The maximum absolute atomic E-state index is 12.3. The lowest BCUT2D eigenvalue weighted by atomic mass is 10.1. The number of carboxylic acid groups (broad SMARTS) is 1. The van der Waals surface area contributed by atoms with Gasteiger partial charge in [0.25, 0.3) is 0 Å². The van der Waals surface area contributed by atoms with Gasteiger partial charge in [0.2, 0.25) is 0 Å². The number of esters is 1. The second kappa shape index (κ2) is 5.65. The summed E-state index contributed by atoms with van der Waals surface area (Å²) in [7, 11) is 0. The molecule has 0 bridgehead atoms. The van der Waals surface area contributed by atoms with Crippen molar-refractivity contribution in [3.8, 4) is 5.75 Å². The number of fused-ring (bicyclic) bond motifs is 1. The number of ether oxygens (including phenoxy) is 1. The van der Waals surface area contributed by atoms with Crippen molar-refractivity contribution in [3.63, 3.8) is 0 Å². The number of para-hydroxylation sites is 1. The molecule has 0 saturated carbocycles. The third kappa shape index (κ3) is 2.52.